The first-order valence-corrected chi connectivity index (χ1v) is 20.2. The van der Waals surface area contributed by atoms with E-state index in [2.05, 4.69) is 220 Å². The highest BCUT2D eigenvalue weighted by molar-refractivity contribution is 6.33. The summed E-state index contributed by atoms with van der Waals surface area (Å²) in [4.78, 5) is 2.53. The van der Waals surface area contributed by atoms with Crippen LogP contribution in [0.15, 0.2) is 188 Å². The molecule has 274 valence electrons. The third kappa shape index (κ3) is 6.12. The first-order valence-electron chi connectivity index (χ1n) is 20.2. The molecule has 0 amide bonds. The average molecular weight is 732 g/mol. The lowest BCUT2D eigenvalue weighted by molar-refractivity contribution is 0.590. The highest BCUT2D eigenvalue weighted by Crippen LogP contribution is 2.50. The molecule has 1 aliphatic rings. The molecular formula is C56H45N. The van der Waals surface area contributed by atoms with Gasteiger partial charge in [0, 0.05) is 22.3 Å². The van der Waals surface area contributed by atoms with Gasteiger partial charge < -0.3 is 4.90 Å². The lowest BCUT2D eigenvalue weighted by atomic mass is 9.81. The van der Waals surface area contributed by atoms with E-state index in [1.54, 1.807) is 0 Å². The van der Waals surface area contributed by atoms with Crippen molar-refractivity contribution in [2.24, 2.45) is 0 Å². The minimum Gasteiger partial charge on any atom is -0.314 e. The summed E-state index contributed by atoms with van der Waals surface area (Å²) >= 11 is 0. The van der Waals surface area contributed by atoms with E-state index in [9.17, 15) is 0 Å². The molecule has 0 atom stereocenters. The second kappa shape index (κ2) is 14.1. The van der Waals surface area contributed by atoms with E-state index in [0.29, 0.717) is 0 Å². The summed E-state index contributed by atoms with van der Waals surface area (Å²) in [5, 5.41) is 10.2. The van der Waals surface area contributed by atoms with E-state index in [0.717, 1.165) is 12.8 Å². The second-order valence-electron chi connectivity index (χ2n) is 16.4. The summed E-state index contributed by atoms with van der Waals surface area (Å²) in [6.07, 6.45) is 4.36. The van der Waals surface area contributed by atoms with Crippen molar-refractivity contribution in [1.29, 1.82) is 0 Å². The molecule has 57 heavy (non-hydrogen) atoms. The molecule has 1 aliphatic carbocycles. The largest absolute Gasteiger partial charge is 0.314 e. The van der Waals surface area contributed by atoms with Gasteiger partial charge in [0.15, 0.2) is 0 Å². The van der Waals surface area contributed by atoms with Gasteiger partial charge in [0.1, 0.15) is 0 Å². The summed E-state index contributed by atoms with van der Waals surface area (Å²) < 4.78 is 0. The second-order valence-corrected chi connectivity index (χ2v) is 16.4. The molecule has 0 heterocycles. The Balaban J connectivity index is 1.35. The zero-order valence-electron chi connectivity index (χ0n) is 32.8. The van der Waals surface area contributed by atoms with Crippen LogP contribution in [0.25, 0.3) is 77.5 Å². The predicted octanol–water partition coefficient (Wildman–Crippen LogP) is 14.0. The van der Waals surface area contributed by atoms with Crippen LogP contribution >= 0.6 is 0 Å². The maximum atomic E-state index is 2.53. The van der Waals surface area contributed by atoms with E-state index in [4.69, 9.17) is 0 Å². The van der Waals surface area contributed by atoms with Gasteiger partial charge in [0.05, 0.1) is 0 Å². The van der Waals surface area contributed by atoms with Gasteiger partial charge in [-0.05, 0) is 125 Å². The van der Waals surface area contributed by atoms with Crippen LogP contribution < -0.4 is 15.3 Å². The number of anilines is 2. The molecule has 0 fully saturated rings. The van der Waals surface area contributed by atoms with Crippen molar-refractivity contribution >= 4 is 55.5 Å². The van der Waals surface area contributed by atoms with Gasteiger partial charge >= 0.3 is 0 Å². The standard InChI is InChI=1S/C56H45N/c1-56(2,3)42-30-32-43(33-31-42)57(52-29-17-25-38-22-13-14-26-45(38)52)44-34-35-48-51(36-44)46-27-15-16-28-47(46)54-50(40-20-9-5-10-21-40)37-49(39-18-7-4-8-19-39)53(55(48)54)41-23-11-6-12-24-41/h4-16,18-28,30-37H,17,29H2,1-3H3. The summed E-state index contributed by atoms with van der Waals surface area (Å²) in [6.45, 7) is 6.86. The molecule has 0 unspecified atom stereocenters. The van der Waals surface area contributed by atoms with Gasteiger partial charge in [-0.3, -0.25) is 0 Å². The number of hydrogen-bond acceptors (Lipinski definition) is 1. The maximum absolute atomic E-state index is 2.53. The first-order chi connectivity index (χ1) is 27.9. The van der Waals surface area contributed by atoms with Crippen LogP contribution in [0.1, 0.15) is 39.2 Å². The Bertz CT molecular complexity index is 3060. The van der Waals surface area contributed by atoms with Gasteiger partial charge in [0.25, 0.3) is 0 Å². The normalized spacial score (nSPS) is 12.8. The van der Waals surface area contributed by atoms with Crippen molar-refractivity contribution in [2.75, 3.05) is 4.90 Å². The third-order valence-electron chi connectivity index (χ3n) is 11.9. The molecule has 1 nitrogen and oxygen atoms in total. The minimum atomic E-state index is 0.0689. The fourth-order valence-corrected chi connectivity index (χ4v) is 9.12. The number of fused-ring (bicyclic) bond motifs is 7. The Morgan fingerprint density at radius 2 is 1.00 bits per heavy atom. The zero-order valence-corrected chi connectivity index (χ0v) is 32.8. The molecule has 0 bridgehead atoms. The van der Waals surface area contributed by atoms with Crippen molar-refractivity contribution in [1.82, 2.24) is 0 Å². The number of benzene rings is 9. The lowest BCUT2D eigenvalue weighted by Crippen LogP contribution is -2.34. The van der Waals surface area contributed by atoms with Gasteiger partial charge in [-0.15, -0.1) is 0 Å². The van der Waals surface area contributed by atoms with Crippen molar-refractivity contribution in [3.63, 3.8) is 0 Å². The summed E-state index contributed by atoms with van der Waals surface area (Å²) in [6, 6.07) is 69.8. The number of rotatable bonds is 6. The maximum Gasteiger partial charge on any atom is 0.0465 e. The summed E-state index contributed by atoms with van der Waals surface area (Å²) in [7, 11) is 0. The Morgan fingerprint density at radius 1 is 0.439 bits per heavy atom. The van der Waals surface area contributed by atoms with E-state index in [-0.39, 0.29) is 5.41 Å². The van der Waals surface area contributed by atoms with Gasteiger partial charge in [-0.2, -0.15) is 0 Å². The zero-order chi connectivity index (χ0) is 38.5. The van der Waals surface area contributed by atoms with E-state index >= 15 is 0 Å². The third-order valence-corrected chi connectivity index (χ3v) is 11.9. The van der Waals surface area contributed by atoms with Crippen LogP contribution in [-0.2, 0) is 5.41 Å². The SMILES string of the molecule is CC(C)(C)c1ccc(N(C2=c3ccccc3=CCC2)c2ccc3c(c2)c2ccccc2c2c(-c4ccccc4)cc(-c4ccccc4)c(-c4ccccc4)c32)cc1. The highest BCUT2D eigenvalue weighted by atomic mass is 15.1. The van der Waals surface area contributed by atoms with E-state index < -0.39 is 0 Å². The quantitative estimate of drug-likeness (QED) is 0.154. The Kier molecular flexibility index (Phi) is 8.60. The Labute approximate surface area is 335 Å². The fraction of sp³-hybridized carbons (Fsp3) is 0.107. The molecule has 10 rings (SSSR count). The smallest absolute Gasteiger partial charge is 0.0465 e. The van der Waals surface area contributed by atoms with Crippen LogP contribution in [-0.4, -0.2) is 0 Å². The molecule has 0 N–H and O–H groups in total. The van der Waals surface area contributed by atoms with Crippen LogP contribution in [0.2, 0.25) is 0 Å². The molecule has 0 aliphatic heterocycles. The first kappa shape index (κ1) is 34.8. The molecule has 0 aromatic heterocycles. The molecule has 1 heteroatoms. The van der Waals surface area contributed by atoms with Gasteiger partial charge in [-0.1, -0.05) is 185 Å². The molecule has 0 radical (unpaired) electrons. The van der Waals surface area contributed by atoms with Crippen molar-refractivity contribution in [3.05, 3.63) is 204 Å². The van der Waals surface area contributed by atoms with E-state index in [1.807, 2.05) is 0 Å². The molecule has 0 saturated carbocycles. The fourth-order valence-electron chi connectivity index (χ4n) is 9.12. The molecule has 0 saturated heterocycles. The van der Waals surface area contributed by atoms with Gasteiger partial charge in [0.2, 0.25) is 0 Å². The monoisotopic (exact) mass is 731 g/mol. The molecule has 0 spiro atoms. The summed E-state index contributed by atoms with van der Waals surface area (Å²) in [5.74, 6) is 0. The number of hydrogen-bond donors (Lipinski definition) is 0. The minimum absolute atomic E-state index is 0.0689. The molecule has 9 aromatic carbocycles. The highest BCUT2D eigenvalue weighted by Gasteiger charge is 2.24. The molecular weight excluding hydrogens is 687 g/mol. The average Bonchev–Trinajstić information content (AvgIpc) is 3.27. The lowest BCUT2D eigenvalue weighted by Gasteiger charge is -2.31. The Morgan fingerprint density at radius 3 is 1.68 bits per heavy atom. The van der Waals surface area contributed by atoms with Crippen molar-refractivity contribution < 1.29 is 0 Å². The Hall–Kier alpha value is -6.70. The van der Waals surface area contributed by atoms with Crippen molar-refractivity contribution in [3.8, 4) is 33.4 Å². The topological polar surface area (TPSA) is 3.24 Å². The molecule has 9 aromatic rings. The van der Waals surface area contributed by atoms with Gasteiger partial charge in [-0.25, -0.2) is 0 Å². The van der Waals surface area contributed by atoms with Crippen molar-refractivity contribution in [2.45, 2.75) is 39.0 Å². The van der Waals surface area contributed by atoms with Crippen LogP contribution in [0.4, 0.5) is 11.4 Å². The van der Waals surface area contributed by atoms with Crippen LogP contribution in [0.5, 0.6) is 0 Å². The van der Waals surface area contributed by atoms with Crippen LogP contribution in [0.3, 0.4) is 0 Å². The summed E-state index contributed by atoms with van der Waals surface area (Å²) in [5.41, 5.74) is 12.5. The predicted molar refractivity (Wildman–Crippen MR) is 245 cm³/mol. The number of nitrogens with zero attached hydrogens (tertiary/aromatic N) is 1. The van der Waals surface area contributed by atoms with Crippen LogP contribution in [0, 0.1) is 0 Å². The van der Waals surface area contributed by atoms with E-state index in [1.165, 1.54) is 98.8 Å².